The van der Waals surface area contributed by atoms with Gasteiger partial charge in [-0.1, -0.05) is 19.3 Å². The van der Waals surface area contributed by atoms with Gasteiger partial charge in [-0.2, -0.15) is 0 Å². The number of hydrogen-bond acceptors (Lipinski definition) is 4. The van der Waals surface area contributed by atoms with Crippen LogP contribution in [-0.4, -0.2) is 23.2 Å². The molecule has 2 rings (SSSR count). The van der Waals surface area contributed by atoms with Crippen LogP contribution in [0.1, 0.15) is 58.4 Å². The number of aromatic nitrogens is 1. The Morgan fingerprint density at radius 2 is 2.18 bits per heavy atom. The van der Waals surface area contributed by atoms with Gasteiger partial charge in [-0.05, 0) is 12.8 Å². The molecule has 0 aliphatic heterocycles. The third kappa shape index (κ3) is 2.84. The Labute approximate surface area is 105 Å². The summed E-state index contributed by atoms with van der Waals surface area (Å²) in [5.74, 6) is -0.436. The molecule has 1 aliphatic carbocycles. The van der Waals surface area contributed by atoms with Crippen molar-refractivity contribution in [2.24, 2.45) is 0 Å². The Kier molecular flexibility index (Phi) is 4.12. The summed E-state index contributed by atoms with van der Waals surface area (Å²) in [5, 5.41) is 10.1. The number of carboxylic acid groups (broad SMARTS) is 1. The predicted octanol–water partition coefficient (Wildman–Crippen LogP) is 3.04. The first-order valence-electron chi connectivity index (χ1n) is 5.94. The Balaban J connectivity index is 2.22. The molecule has 0 saturated heterocycles. The summed E-state index contributed by atoms with van der Waals surface area (Å²) in [5.41, 5.74) is 0.575. The Hall–Kier alpha value is -0.940. The summed E-state index contributed by atoms with van der Waals surface area (Å²) in [6.07, 6.45) is 6.02. The molecule has 4 nitrogen and oxygen atoms in total. The van der Waals surface area contributed by atoms with Crippen LogP contribution in [0.15, 0.2) is 0 Å². The van der Waals surface area contributed by atoms with Gasteiger partial charge in [-0.15, -0.1) is 11.3 Å². The van der Waals surface area contributed by atoms with Gasteiger partial charge in [0.15, 0.2) is 0 Å². The highest BCUT2D eigenvalue weighted by Gasteiger charge is 2.23. The normalized spacial score (nSPS) is 17.2. The molecule has 1 fully saturated rings. The molecular formula is C12H17NO3S. The van der Waals surface area contributed by atoms with Gasteiger partial charge in [0.05, 0.1) is 17.3 Å². The average Bonchev–Trinajstić information content (AvgIpc) is 2.75. The van der Waals surface area contributed by atoms with E-state index in [1.165, 1.54) is 30.6 Å². The number of ether oxygens (including phenoxy) is 1. The van der Waals surface area contributed by atoms with E-state index < -0.39 is 5.97 Å². The summed E-state index contributed by atoms with van der Waals surface area (Å²) >= 11 is 1.32. The van der Waals surface area contributed by atoms with Gasteiger partial charge in [-0.25, -0.2) is 9.78 Å². The van der Waals surface area contributed by atoms with Gasteiger partial charge in [0.25, 0.3) is 0 Å². The Bertz CT molecular complexity index is 396. The zero-order chi connectivity index (χ0) is 12.3. The van der Waals surface area contributed by atoms with E-state index in [4.69, 9.17) is 9.84 Å². The van der Waals surface area contributed by atoms with E-state index in [2.05, 4.69) is 4.98 Å². The molecule has 17 heavy (non-hydrogen) atoms. The second-order valence-corrected chi connectivity index (χ2v) is 5.43. The molecule has 1 aliphatic rings. The molecule has 0 bridgehead atoms. The van der Waals surface area contributed by atoms with E-state index >= 15 is 0 Å². The van der Waals surface area contributed by atoms with Crippen molar-refractivity contribution in [3.8, 4) is 0 Å². The van der Waals surface area contributed by atoms with Crippen molar-refractivity contribution in [2.45, 2.75) is 44.6 Å². The fraction of sp³-hybridized carbons (Fsp3) is 0.667. The minimum atomic E-state index is -0.892. The summed E-state index contributed by atoms with van der Waals surface area (Å²) in [4.78, 5) is 15.9. The zero-order valence-corrected chi connectivity index (χ0v) is 10.8. The van der Waals surface area contributed by atoms with Crippen molar-refractivity contribution >= 4 is 17.3 Å². The number of methoxy groups -OCH3 is 1. The van der Waals surface area contributed by atoms with Crippen LogP contribution in [0.3, 0.4) is 0 Å². The van der Waals surface area contributed by atoms with Gasteiger partial charge in [0.2, 0.25) is 0 Å². The molecule has 0 aromatic carbocycles. The fourth-order valence-corrected chi connectivity index (χ4v) is 3.37. The molecule has 1 saturated carbocycles. The van der Waals surface area contributed by atoms with Crippen LogP contribution in [0.2, 0.25) is 0 Å². The minimum absolute atomic E-state index is 0.283. The second-order valence-electron chi connectivity index (χ2n) is 4.40. The third-order valence-corrected chi connectivity index (χ3v) is 4.39. The zero-order valence-electron chi connectivity index (χ0n) is 9.94. The van der Waals surface area contributed by atoms with Crippen molar-refractivity contribution in [1.29, 1.82) is 0 Å². The van der Waals surface area contributed by atoms with Crippen LogP contribution >= 0.6 is 11.3 Å². The highest BCUT2D eigenvalue weighted by atomic mass is 32.1. The molecule has 1 heterocycles. The van der Waals surface area contributed by atoms with E-state index in [1.807, 2.05) is 0 Å². The molecular weight excluding hydrogens is 238 g/mol. The molecule has 0 radical (unpaired) electrons. The van der Waals surface area contributed by atoms with Crippen molar-refractivity contribution in [3.05, 3.63) is 15.6 Å². The van der Waals surface area contributed by atoms with Gasteiger partial charge < -0.3 is 9.84 Å². The van der Waals surface area contributed by atoms with Gasteiger partial charge in [0, 0.05) is 13.0 Å². The van der Waals surface area contributed by atoms with Crippen LogP contribution in [0.25, 0.3) is 0 Å². The maximum atomic E-state index is 11.1. The molecule has 1 aromatic heterocycles. The number of rotatable bonds is 4. The highest BCUT2D eigenvalue weighted by Crippen LogP contribution is 2.36. The monoisotopic (exact) mass is 255 g/mol. The lowest BCUT2D eigenvalue weighted by Gasteiger charge is -2.18. The summed E-state index contributed by atoms with van der Waals surface area (Å²) in [7, 11) is 1.56. The quantitative estimate of drug-likeness (QED) is 0.898. The van der Waals surface area contributed by atoms with Crippen molar-refractivity contribution in [2.75, 3.05) is 7.11 Å². The highest BCUT2D eigenvalue weighted by molar-refractivity contribution is 7.13. The molecule has 1 aromatic rings. The van der Waals surface area contributed by atoms with Crippen molar-refractivity contribution in [1.82, 2.24) is 4.98 Å². The average molecular weight is 255 g/mol. The number of nitrogens with zero attached hydrogens (tertiary/aromatic N) is 1. The van der Waals surface area contributed by atoms with Crippen LogP contribution < -0.4 is 0 Å². The first-order chi connectivity index (χ1) is 8.22. The molecule has 0 unspecified atom stereocenters. The van der Waals surface area contributed by atoms with Crippen LogP contribution in [0.4, 0.5) is 0 Å². The van der Waals surface area contributed by atoms with E-state index in [1.54, 1.807) is 7.11 Å². The largest absolute Gasteiger partial charge is 0.477 e. The lowest BCUT2D eigenvalue weighted by Crippen LogP contribution is -2.04. The van der Waals surface area contributed by atoms with Gasteiger partial charge in [-0.3, -0.25) is 0 Å². The van der Waals surface area contributed by atoms with E-state index in [-0.39, 0.29) is 6.61 Å². The van der Waals surface area contributed by atoms with E-state index in [9.17, 15) is 4.79 Å². The third-order valence-electron chi connectivity index (χ3n) is 3.14. The van der Waals surface area contributed by atoms with Crippen LogP contribution in [-0.2, 0) is 11.3 Å². The molecule has 0 spiro atoms. The number of hydrogen-bond donors (Lipinski definition) is 1. The lowest BCUT2D eigenvalue weighted by atomic mass is 9.90. The maximum absolute atomic E-state index is 11.1. The van der Waals surface area contributed by atoms with Crippen molar-refractivity contribution < 1.29 is 14.6 Å². The van der Waals surface area contributed by atoms with Crippen molar-refractivity contribution in [3.63, 3.8) is 0 Å². The Morgan fingerprint density at radius 3 is 2.76 bits per heavy atom. The SMILES string of the molecule is COCc1nc(C2CCCCC2)sc1C(=O)O. The van der Waals surface area contributed by atoms with E-state index in [0.717, 1.165) is 17.8 Å². The smallest absolute Gasteiger partial charge is 0.347 e. The summed E-state index contributed by atoms with van der Waals surface area (Å²) in [6, 6.07) is 0. The van der Waals surface area contributed by atoms with E-state index in [0.29, 0.717) is 16.5 Å². The van der Waals surface area contributed by atoms with Crippen LogP contribution in [0, 0.1) is 0 Å². The first-order valence-corrected chi connectivity index (χ1v) is 6.76. The summed E-state index contributed by atoms with van der Waals surface area (Å²) in [6.45, 7) is 0.283. The predicted molar refractivity (Wildman–Crippen MR) is 65.6 cm³/mol. The molecule has 0 atom stereocenters. The number of carbonyl (C=O) groups is 1. The van der Waals surface area contributed by atoms with Crippen LogP contribution in [0.5, 0.6) is 0 Å². The van der Waals surface area contributed by atoms with Gasteiger partial charge >= 0.3 is 5.97 Å². The number of carboxylic acids is 1. The summed E-state index contributed by atoms with van der Waals surface area (Å²) < 4.78 is 5.00. The molecule has 94 valence electrons. The number of thiazole rings is 1. The minimum Gasteiger partial charge on any atom is -0.477 e. The fourth-order valence-electron chi connectivity index (χ4n) is 2.30. The Morgan fingerprint density at radius 1 is 1.47 bits per heavy atom. The standard InChI is InChI=1S/C12H17NO3S/c1-16-7-9-10(12(14)15)17-11(13-9)8-5-3-2-4-6-8/h8H,2-7H2,1H3,(H,14,15). The molecule has 0 amide bonds. The lowest BCUT2D eigenvalue weighted by molar-refractivity contribution is 0.0697. The maximum Gasteiger partial charge on any atom is 0.347 e. The molecule has 5 heteroatoms. The number of aromatic carboxylic acids is 1. The first kappa shape index (κ1) is 12.5. The molecule has 1 N–H and O–H groups in total. The van der Waals surface area contributed by atoms with Gasteiger partial charge in [0.1, 0.15) is 4.88 Å². The second kappa shape index (κ2) is 5.60. The topological polar surface area (TPSA) is 59.4 Å².